The zero-order valence-corrected chi connectivity index (χ0v) is 16.9. The van der Waals surface area contributed by atoms with Gasteiger partial charge in [-0.05, 0) is 29.6 Å². The molecule has 0 aliphatic rings. The van der Waals surface area contributed by atoms with E-state index < -0.39 is 20.5 Å². The number of hydrogen-bond acceptors (Lipinski definition) is 3. The van der Waals surface area contributed by atoms with Gasteiger partial charge in [0.05, 0.1) is 6.10 Å². The first-order valence-electron chi connectivity index (χ1n) is 9.30. The molecule has 24 heavy (non-hydrogen) atoms. The van der Waals surface area contributed by atoms with Gasteiger partial charge in [-0.15, -0.1) is 0 Å². The fourth-order valence-corrected chi connectivity index (χ4v) is 5.74. The summed E-state index contributed by atoms with van der Waals surface area (Å²) in [7, 11) is -1.88. The van der Waals surface area contributed by atoms with Gasteiger partial charge < -0.3 is 9.53 Å². The van der Waals surface area contributed by atoms with Gasteiger partial charge in [0.2, 0.25) is 0 Å². The van der Waals surface area contributed by atoms with Crippen molar-refractivity contribution in [3.8, 4) is 0 Å². The Morgan fingerprint density at radius 1 is 1.08 bits per heavy atom. The maximum Gasteiger partial charge on any atom is 0.193 e. The number of rotatable bonds is 11. The predicted octanol–water partition coefficient (Wildman–Crippen LogP) is 4.60. The van der Waals surface area contributed by atoms with E-state index in [0.717, 1.165) is 23.7 Å². The van der Waals surface area contributed by atoms with E-state index in [1.807, 2.05) is 44.2 Å². The van der Waals surface area contributed by atoms with E-state index in [0.29, 0.717) is 6.42 Å². The Hall–Kier alpha value is -0.973. The van der Waals surface area contributed by atoms with E-state index in [1.54, 1.807) is 0 Å². The van der Waals surface area contributed by atoms with E-state index in [1.165, 1.54) is 0 Å². The summed E-state index contributed by atoms with van der Waals surface area (Å²) in [6, 6.07) is 13.1. The van der Waals surface area contributed by atoms with Crippen molar-refractivity contribution in [1.82, 2.24) is 0 Å². The molecule has 136 valence electrons. The highest BCUT2D eigenvalue weighted by atomic mass is 28.4. The maximum atomic E-state index is 12.8. The summed E-state index contributed by atoms with van der Waals surface area (Å²) in [5.41, 5.74) is 1.11. The van der Waals surface area contributed by atoms with E-state index >= 15 is 0 Å². The molecule has 0 heterocycles. The summed E-state index contributed by atoms with van der Waals surface area (Å²) in [6.07, 6.45) is -0.261. The lowest BCUT2D eigenvalue weighted by molar-refractivity contribution is -0.128. The molecule has 1 aromatic carbocycles. The minimum atomic E-state index is -1.88. The fraction of sp³-hybridized carbons (Fsp3) is 0.650. The number of aliphatic hydroxyl groups excluding tert-OH is 1. The minimum absolute atomic E-state index is 0.0345. The third-order valence-electron chi connectivity index (χ3n) is 5.13. The molecule has 3 nitrogen and oxygen atoms in total. The van der Waals surface area contributed by atoms with E-state index in [2.05, 4.69) is 20.8 Å². The van der Waals surface area contributed by atoms with Crippen LogP contribution in [0.5, 0.6) is 0 Å². The second-order valence-corrected chi connectivity index (χ2v) is 11.7. The van der Waals surface area contributed by atoms with Crippen molar-refractivity contribution in [3.05, 3.63) is 35.9 Å². The molecule has 0 bridgehead atoms. The van der Waals surface area contributed by atoms with Crippen molar-refractivity contribution in [2.24, 2.45) is 5.92 Å². The molecule has 0 saturated heterocycles. The Balaban J connectivity index is 2.95. The largest absolute Gasteiger partial charge is 0.407 e. The van der Waals surface area contributed by atoms with Crippen LogP contribution < -0.4 is 0 Å². The zero-order chi connectivity index (χ0) is 18.2. The molecule has 1 aromatic rings. The van der Waals surface area contributed by atoms with Crippen molar-refractivity contribution >= 4 is 14.1 Å². The lowest BCUT2D eigenvalue weighted by Gasteiger charge is -2.33. The first-order chi connectivity index (χ1) is 11.4. The van der Waals surface area contributed by atoms with Gasteiger partial charge in [0, 0.05) is 12.8 Å². The molecule has 1 rings (SSSR count). The van der Waals surface area contributed by atoms with Crippen LogP contribution in [0.1, 0.15) is 46.6 Å². The van der Waals surface area contributed by atoms with Gasteiger partial charge in [-0.25, -0.2) is 0 Å². The highest BCUT2D eigenvalue weighted by Gasteiger charge is 2.35. The van der Waals surface area contributed by atoms with E-state index in [9.17, 15) is 9.90 Å². The van der Waals surface area contributed by atoms with Gasteiger partial charge in [-0.2, -0.15) is 0 Å². The molecule has 0 saturated carbocycles. The lowest BCUT2D eigenvalue weighted by Crippen LogP contribution is -2.44. The number of benzene rings is 1. The SMILES string of the molecule is CC[Si](CC)(CC)O[C@@H](Cc1ccccc1)C(=O)C[C@@H](O)C(C)C. The van der Waals surface area contributed by atoms with Crippen LogP contribution in [0, 0.1) is 5.92 Å². The summed E-state index contributed by atoms with van der Waals surface area (Å²) >= 11 is 0. The van der Waals surface area contributed by atoms with Crippen LogP contribution in [0.25, 0.3) is 0 Å². The molecule has 0 radical (unpaired) electrons. The molecular formula is C20H34O3Si. The molecule has 2 atom stereocenters. The summed E-state index contributed by atoms with van der Waals surface area (Å²) in [6.45, 7) is 10.4. The summed E-state index contributed by atoms with van der Waals surface area (Å²) < 4.78 is 6.51. The van der Waals surface area contributed by atoms with Crippen molar-refractivity contribution < 1.29 is 14.3 Å². The van der Waals surface area contributed by atoms with E-state index in [-0.39, 0.29) is 18.1 Å². The Morgan fingerprint density at radius 2 is 1.62 bits per heavy atom. The average molecular weight is 351 g/mol. The molecule has 1 N–H and O–H groups in total. The molecule has 0 spiro atoms. The smallest absolute Gasteiger partial charge is 0.193 e. The van der Waals surface area contributed by atoms with Crippen LogP contribution in [-0.4, -0.2) is 31.4 Å². The van der Waals surface area contributed by atoms with Crippen molar-refractivity contribution in [2.75, 3.05) is 0 Å². The molecular weight excluding hydrogens is 316 g/mol. The Kier molecular flexibility index (Phi) is 8.88. The van der Waals surface area contributed by atoms with Gasteiger partial charge in [0.1, 0.15) is 6.10 Å². The van der Waals surface area contributed by atoms with Gasteiger partial charge in [-0.1, -0.05) is 65.0 Å². The first kappa shape index (κ1) is 21.1. The van der Waals surface area contributed by atoms with Crippen molar-refractivity contribution in [2.45, 2.75) is 77.8 Å². The van der Waals surface area contributed by atoms with Crippen LogP contribution in [0.2, 0.25) is 18.1 Å². The average Bonchev–Trinajstić information content (AvgIpc) is 2.59. The van der Waals surface area contributed by atoms with Crippen LogP contribution in [0.15, 0.2) is 30.3 Å². The summed E-state index contributed by atoms with van der Waals surface area (Å²) in [4.78, 5) is 12.8. The Bertz CT molecular complexity index is 475. The van der Waals surface area contributed by atoms with Crippen LogP contribution in [0.3, 0.4) is 0 Å². The molecule has 0 unspecified atom stereocenters. The molecule has 0 amide bonds. The monoisotopic (exact) mass is 350 g/mol. The number of aliphatic hydroxyl groups is 1. The normalized spacial score (nSPS) is 14.6. The van der Waals surface area contributed by atoms with Gasteiger partial charge in [0.15, 0.2) is 14.1 Å². The third-order valence-corrected chi connectivity index (χ3v) is 9.78. The zero-order valence-electron chi connectivity index (χ0n) is 15.9. The highest BCUT2D eigenvalue weighted by molar-refractivity contribution is 6.73. The number of carbonyl (C=O) groups excluding carboxylic acids is 1. The standard InChI is InChI=1S/C20H34O3Si/c1-6-24(7-2,8-3)23-20(14-17-12-10-9-11-13-17)19(22)15-18(21)16(4)5/h9-13,16,18,20-21H,6-8,14-15H2,1-5H3/t18-,20+/m1/s1. The van der Waals surface area contributed by atoms with Crippen LogP contribution >= 0.6 is 0 Å². The Morgan fingerprint density at radius 3 is 2.08 bits per heavy atom. The predicted molar refractivity (Wildman–Crippen MR) is 103 cm³/mol. The van der Waals surface area contributed by atoms with Gasteiger partial charge in [0.25, 0.3) is 0 Å². The topological polar surface area (TPSA) is 46.5 Å². The third kappa shape index (κ3) is 6.15. The molecule has 0 fully saturated rings. The van der Waals surface area contributed by atoms with E-state index in [4.69, 9.17) is 4.43 Å². The number of hydrogen-bond donors (Lipinski definition) is 1. The first-order valence-corrected chi connectivity index (χ1v) is 11.8. The Labute approximate surface area is 148 Å². The maximum absolute atomic E-state index is 12.8. The lowest BCUT2D eigenvalue weighted by atomic mass is 9.97. The number of Topliss-reactive ketones (excluding diaryl/α,β-unsaturated/α-hetero) is 1. The molecule has 4 heteroatoms. The molecule has 0 aliphatic carbocycles. The summed E-state index contributed by atoms with van der Waals surface area (Å²) in [5, 5.41) is 10.1. The summed E-state index contributed by atoms with van der Waals surface area (Å²) in [5.74, 6) is 0.115. The quantitative estimate of drug-likeness (QED) is 0.594. The second-order valence-electron chi connectivity index (χ2n) is 7.02. The fourth-order valence-electron chi connectivity index (χ4n) is 2.92. The molecule has 0 aromatic heterocycles. The van der Waals surface area contributed by atoms with Crippen LogP contribution in [0.4, 0.5) is 0 Å². The molecule has 0 aliphatic heterocycles. The highest BCUT2D eigenvalue weighted by Crippen LogP contribution is 2.26. The van der Waals surface area contributed by atoms with Crippen molar-refractivity contribution in [3.63, 3.8) is 0 Å². The van der Waals surface area contributed by atoms with Gasteiger partial charge in [-0.3, -0.25) is 4.79 Å². The van der Waals surface area contributed by atoms with Crippen LogP contribution in [-0.2, 0) is 15.6 Å². The van der Waals surface area contributed by atoms with Gasteiger partial charge >= 0.3 is 0 Å². The second kappa shape index (κ2) is 10.1. The van der Waals surface area contributed by atoms with Crippen molar-refractivity contribution in [1.29, 1.82) is 0 Å². The number of carbonyl (C=O) groups is 1. The minimum Gasteiger partial charge on any atom is -0.407 e. The number of ketones is 1.